The van der Waals surface area contributed by atoms with Crippen LogP contribution in [0.15, 0.2) is 18.9 Å². The maximum Gasteiger partial charge on any atom is 0.0473 e. The molecule has 0 bridgehead atoms. The molecule has 0 fully saturated rings. The van der Waals surface area contributed by atoms with Gasteiger partial charge in [-0.1, -0.05) is 6.08 Å². The summed E-state index contributed by atoms with van der Waals surface area (Å²) >= 11 is 0. The second kappa shape index (κ2) is 3.53. The molecule has 0 aliphatic rings. The summed E-state index contributed by atoms with van der Waals surface area (Å²) in [5.74, 6) is 0. The quantitative estimate of drug-likeness (QED) is 0.608. The summed E-state index contributed by atoms with van der Waals surface area (Å²) in [6.45, 7) is 10.1. The standard InChI is InChI=1S/C11H15N/c1-5-6-11-10(4)9(3)8(2)7-12-11/h5,7H,1,6H2,2-4H3. The van der Waals surface area contributed by atoms with E-state index in [9.17, 15) is 0 Å². The van der Waals surface area contributed by atoms with E-state index in [1.807, 2.05) is 12.3 Å². The van der Waals surface area contributed by atoms with Crippen LogP contribution >= 0.6 is 0 Å². The molecule has 12 heavy (non-hydrogen) atoms. The zero-order valence-corrected chi connectivity index (χ0v) is 8.02. The van der Waals surface area contributed by atoms with E-state index in [-0.39, 0.29) is 0 Å². The predicted molar refractivity (Wildman–Crippen MR) is 52.3 cm³/mol. The fourth-order valence-electron chi connectivity index (χ4n) is 1.22. The van der Waals surface area contributed by atoms with Crippen LogP contribution in [-0.2, 0) is 6.42 Å². The lowest BCUT2D eigenvalue weighted by Crippen LogP contribution is -1.97. The topological polar surface area (TPSA) is 12.9 Å². The molecule has 0 saturated carbocycles. The number of hydrogen-bond donors (Lipinski definition) is 0. The molecule has 0 aliphatic heterocycles. The molecule has 0 aliphatic carbocycles. The molecule has 0 radical (unpaired) electrons. The highest BCUT2D eigenvalue weighted by atomic mass is 14.7. The van der Waals surface area contributed by atoms with Crippen LogP contribution in [0.3, 0.4) is 0 Å². The average Bonchev–Trinajstić information content (AvgIpc) is 2.07. The van der Waals surface area contributed by atoms with Gasteiger partial charge in [-0.3, -0.25) is 4.98 Å². The fourth-order valence-corrected chi connectivity index (χ4v) is 1.22. The van der Waals surface area contributed by atoms with E-state index in [4.69, 9.17) is 0 Å². The molecule has 1 heterocycles. The van der Waals surface area contributed by atoms with E-state index in [2.05, 4.69) is 32.3 Å². The third-order valence-electron chi connectivity index (χ3n) is 2.34. The predicted octanol–water partition coefficient (Wildman–Crippen LogP) is 2.74. The number of rotatable bonds is 2. The molecular formula is C11H15N. The molecule has 0 atom stereocenters. The molecule has 0 N–H and O–H groups in total. The van der Waals surface area contributed by atoms with Gasteiger partial charge in [-0.15, -0.1) is 6.58 Å². The largest absolute Gasteiger partial charge is 0.260 e. The maximum absolute atomic E-state index is 4.36. The summed E-state index contributed by atoms with van der Waals surface area (Å²) < 4.78 is 0. The first kappa shape index (κ1) is 8.98. The Kier molecular flexibility index (Phi) is 2.64. The van der Waals surface area contributed by atoms with Crippen molar-refractivity contribution in [2.24, 2.45) is 0 Å². The zero-order valence-electron chi connectivity index (χ0n) is 8.02. The van der Waals surface area contributed by atoms with Gasteiger partial charge >= 0.3 is 0 Å². The molecule has 0 spiro atoms. The second-order valence-corrected chi connectivity index (χ2v) is 3.13. The monoisotopic (exact) mass is 161 g/mol. The number of aryl methyl sites for hydroxylation is 1. The molecule has 1 rings (SSSR count). The number of nitrogens with zero attached hydrogens (tertiary/aromatic N) is 1. The third-order valence-corrected chi connectivity index (χ3v) is 2.34. The van der Waals surface area contributed by atoms with Crippen LogP contribution in [0.4, 0.5) is 0 Å². The van der Waals surface area contributed by atoms with Crippen LogP contribution in [0, 0.1) is 20.8 Å². The Hall–Kier alpha value is -1.11. The maximum atomic E-state index is 4.36. The number of allylic oxidation sites excluding steroid dienone is 1. The SMILES string of the molecule is C=CCc1ncc(C)c(C)c1C. The van der Waals surface area contributed by atoms with Gasteiger partial charge in [0.05, 0.1) is 0 Å². The Labute approximate surface area is 74.2 Å². The van der Waals surface area contributed by atoms with Crippen molar-refractivity contribution in [3.8, 4) is 0 Å². The van der Waals surface area contributed by atoms with Crippen LogP contribution in [0.1, 0.15) is 22.4 Å². The van der Waals surface area contributed by atoms with Gasteiger partial charge in [0.25, 0.3) is 0 Å². The van der Waals surface area contributed by atoms with Gasteiger partial charge in [-0.2, -0.15) is 0 Å². The third kappa shape index (κ3) is 1.55. The van der Waals surface area contributed by atoms with E-state index in [0.29, 0.717) is 0 Å². The number of aromatic nitrogens is 1. The van der Waals surface area contributed by atoms with Crippen molar-refractivity contribution >= 4 is 0 Å². The smallest absolute Gasteiger partial charge is 0.0473 e. The normalized spacial score (nSPS) is 9.92. The Balaban J connectivity index is 3.16. The fraction of sp³-hybridized carbons (Fsp3) is 0.364. The van der Waals surface area contributed by atoms with Crippen molar-refractivity contribution in [3.05, 3.63) is 41.2 Å². The van der Waals surface area contributed by atoms with Crippen molar-refractivity contribution in [3.63, 3.8) is 0 Å². The van der Waals surface area contributed by atoms with E-state index < -0.39 is 0 Å². The zero-order chi connectivity index (χ0) is 9.14. The molecule has 1 aromatic rings. The average molecular weight is 161 g/mol. The summed E-state index contributed by atoms with van der Waals surface area (Å²) in [6, 6.07) is 0. The Bertz CT molecular complexity index is 300. The highest BCUT2D eigenvalue weighted by Crippen LogP contribution is 2.14. The highest BCUT2D eigenvalue weighted by Gasteiger charge is 2.02. The first-order chi connectivity index (χ1) is 5.66. The van der Waals surface area contributed by atoms with Crippen molar-refractivity contribution in [1.29, 1.82) is 0 Å². The van der Waals surface area contributed by atoms with E-state index in [0.717, 1.165) is 12.1 Å². The molecule has 0 saturated heterocycles. The van der Waals surface area contributed by atoms with Crippen LogP contribution in [-0.4, -0.2) is 4.98 Å². The second-order valence-electron chi connectivity index (χ2n) is 3.13. The van der Waals surface area contributed by atoms with Crippen LogP contribution in [0.5, 0.6) is 0 Å². The molecule has 1 heteroatoms. The van der Waals surface area contributed by atoms with Gasteiger partial charge in [0.2, 0.25) is 0 Å². The number of pyridine rings is 1. The van der Waals surface area contributed by atoms with Gasteiger partial charge in [-0.25, -0.2) is 0 Å². The lowest BCUT2D eigenvalue weighted by Gasteiger charge is -2.07. The lowest BCUT2D eigenvalue weighted by atomic mass is 10.0. The summed E-state index contributed by atoms with van der Waals surface area (Å²) in [6.07, 6.45) is 4.69. The molecular weight excluding hydrogens is 146 g/mol. The van der Waals surface area contributed by atoms with Crippen LogP contribution < -0.4 is 0 Å². The summed E-state index contributed by atoms with van der Waals surface area (Å²) in [7, 11) is 0. The Morgan fingerprint density at radius 1 is 1.33 bits per heavy atom. The van der Waals surface area contributed by atoms with Gasteiger partial charge in [0, 0.05) is 18.3 Å². The Morgan fingerprint density at radius 3 is 2.58 bits per heavy atom. The van der Waals surface area contributed by atoms with Gasteiger partial charge in [0.15, 0.2) is 0 Å². The van der Waals surface area contributed by atoms with Crippen molar-refractivity contribution in [1.82, 2.24) is 4.98 Å². The molecule has 0 unspecified atom stereocenters. The Morgan fingerprint density at radius 2 is 2.00 bits per heavy atom. The number of hydrogen-bond acceptors (Lipinski definition) is 1. The van der Waals surface area contributed by atoms with Gasteiger partial charge < -0.3 is 0 Å². The highest BCUT2D eigenvalue weighted by molar-refractivity contribution is 5.34. The van der Waals surface area contributed by atoms with E-state index in [1.165, 1.54) is 16.7 Å². The first-order valence-electron chi connectivity index (χ1n) is 4.19. The van der Waals surface area contributed by atoms with E-state index >= 15 is 0 Å². The lowest BCUT2D eigenvalue weighted by molar-refractivity contribution is 1.03. The van der Waals surface area contributed by atoms with Crippen LogP contribution in [0.2, 0.25) is 0 Å². The first-order valence-corrected chi connectivity index (χ1v) is 4.19. The molecule has 0 amide bonds. The minimum Gasteiger partial charge on any atom is -0.260 e. The molecule has 1 aromatic heterocycles. The van der Waals surface area contributed by atoms with E-state index in [1.54, 1.807) is 0 Å². The molecule has 0 aromatic carbocycles. The minimum atomic E-state index is 0.868. The summed E-state index contributed by atoms with van der Waals surface area (Å²) in [5, 5.41) is 0. The van der Waals surface area contributed by atoms with Crippen LogP contribution in [0.25, 0.3) is 0 Å². The van der Waals surface area contributed by atoms with Crippen molar-refractivity contribution < 1.29 is 0 Å². The van der Waals surface area contributed by atoms with Crippen molar-refractivity contribution in [2.45, 2.75) is 27.2 Å². The summed E-state index contributed by atoms with van der Waals surface area (Å²) in [5.41, 5.74) is 5.06. The van der Waals surface area contributed by atoms with Crippen molar-refractivity contribution in [2.75, 3.05) is 0 Å². The molecule has 1 nitrogen and oxygen atoms in total. The van der Waals surface area contributed by atoms with Gasteiger partial charge in [0.1, 0.15) is 0 Å². The molecule has 64 valence electrons. The summed E-state index contributed by atoms with van der Waals surface area (Å²) in [4.78, 5) is 4.36. The minimum absolute atomic E-state index is 0.868. The van der Waals surface area contributed by atoms with Gasteiger partial charge in [-0.05, 0) is 37.5 Å².